The first-order valence-electron chi connectivity index (χ1n) is 9.70. The molecule has 6 nitrogen and oxygen atoms in total. The number of nitrogens with zero attached hydrogens (tertiary/aromatic N) is 2. The van der Waals surface area contributed by atoms with Gasteiger partial charge < -0.3 is 19.2 Å². The molecular weight excluding hydrogens is 354 g/mol. The zero-order valence-corrected chi connectivity index (χ0v) is 16.3. The van der Waals surface area contributed by atoms with Crippen LogP contribution in [0.4, 0.5) is 0 Å². The number of H-pyrrole nitrogens is 1. The van der Waals surface area contributed by atoms with E-state index in [2.05, 4.69) is 11.1 Å². The van der Waals surface area contributed by atoms with Gasteiger partial charge in [0, 0.05) is 36.4 Å². The van der Waals surface area contributed by atoms with Crippen LogP contribution in [-0.4, -0.2) is 46.2 Å². The highest BCUT2D eigenvalue weighted by atomic mass is 16.5. The number of pyridine rings is 1. The fourth-order valence-electron chi connectivity index (χ4n) is 3.85. The Hall–Kier alpha value is -2.86. The average Bonchev–Trinajstić information content (AvgIpc) is 3.11. The van der Waals surface area contributed by atoms with Crippen LogP contribution >= 0.6 is 0 Å². The van der Waals surface area contributed by atoms with Crippen molar-refractivity contribution in [2.45, 2.75) is 32.9 Å². The van der Waals surface area contributed by atoms with E-state index in [1.165, 1.54) is 5.39 Å². The van der Waals surface area contributed by atoms with Gasteiger partial charge in [-0.2, -0.15) is 0 Å². The minimum absolute atomic E-state index is 0.0278. The third-order valence-corrected chi connectivity index (χ3v) is 5.51. The van der Waals surface area contributed by atoms with E-state index in [1.54, 1.807) is 15.7 Å². The highest BCUT2D eigenvalue weighted by Crippen LogP contribution is 2.18. The van der Waals surface area contributed by atoms with Crippen molar-refractivity contribution in [2.24, 2.45) is 0 Å². The van der Waals surface area contributed by atoms with Gasteiger partial charge >= 0.3 is 0 Å². The van der Waals surface area contributed by atoms with Crippen LogP contribution in [0.15, 0.2) is 47.5 Å². The molecule has 0 unspecified atom stereocenters. The van der Waals surface area contributed by atoms with Crippen molar-refractivity contribution < 1.29 is 9.53 Å². The maximum Gasteiger partial charge on any atom is 0.263 e. The summed E-state index contributed by atoms with van der Waals surface area (Å²) in [6.07, 6.45) is 4.49. The number of para-hydroxylation sites is 1. The maximum absolute atomic E-state index is 13.1. The molecule has 0 bridgehead atoms. The summed E-state index contributed by atoms with van der Waals surface area (Å²) in [5.74, 6) is -0.195. The highest BCUT2D eigenvalue weighted by molar-refractivity contribution is 5.95. The second kappa shape index (κ2) is 7.64. The summed E-state index contributed by atoms with van der Waals surface area (Å²) < 4.78 is 7.06. The molecule has 1 aliphatic heterocycles. The largest absolute Gasteiger partial charge is 0.377 e. The number of carbonyl (C=O) groups excluding carboxylic acids is 1. The van der Waals surface area contributed by atoms with Gasteiger partial charge in [0.2, 0.25) is 0 Å². The van der Waals surface area contributed by atoms with Gasteiger partial charge in [-0.05, 0) is 43.5 Å². The lowest BCUT2D eigenvalue weighted by Gasteiger charge is -2.33. The Balaban J connectivity index is 1.60. The molecule has 1 atom stereocenters. The number of aromatic amines is 1. The number of benzene rings is 1. The summed E-state index contributed by atoms with van der Waals surface area (Å²) >= 11 is 0. The van der Waals surface area contributed by atoms with Crippen LogP contribution in [0.3, 0.4) is 0 Å². The van der Waals surface area contributed by atoms with Gasteiger partial charge in [0.05, 0.1) is 19.3 Å². The van der Waals surface area contributed by atoms with Crippen molar-refractivity contribution in [1.82, 2.24) is 14.5 Å². The van der Waals surface area contributed by atoms with E-state index >= 15 is 0 Å². The Morgan fingerprint density at radius 1 is 1.29 bits per heavy atom. The van der Waals surface area contributed by atoms with Gasteiger partial charge in [-0.15, -0.1) is 0 Å². The number of rotatable bonds is 4. The van der Waals surface area contributed by atoms with E-state index < -0.39 is 0 Å². The minimum atomic E-state index is -0.219. The highest BCUT2D eigenvalue weighted by Gasteiger charge is 2.28. The van der Waals surface area contributed by atoms with E-state index in [9.17, 15) is 9.59 Å². The number of hydrogen-bond donors (Lipinski definition) is 1. The monoisotopic (exact) mass is 379 g/mol. The molecule has 3 aromatic rings. The normalized spacial score (nSPS) is 17.2. The summed E-state index contributed by atoms with van der Waals surface area (Å²) in [6.45, 7) is 5.83. The Labute approximate surface area is 163 Å². The molecule has 4 rings (SSSR count). The smallest absolute Gasteiger partial charge is 0.263 e. The van der Waals surface area contributed by atoms with Gasteiger partial charge in [0.1, 0.15) is 5.56 Å². The lowest BCUT2D eigenvalue weighted by atomic mass is 10.1. The Morgan fingerprint density at radius 3 is 2.93 bits per heavy atom. The first kappa shape index (κ1) is 18.5. The molecule has 28 heavy (non-hydrogen) atoms. The number of aryl methyl sites for hydroxylation is 3. The molecule has 1 aliphatic rings. The van der Waals surface area contributed by atoms with E-state index in [4.69, 9.17) is 4.74 Å². The first-order chi connectivity index (χ1) is 13.6. The lowest BCUT2D eigenvalue weighted by Crippen LogP contribution is -2.49. The number of aromatic nitrogens is 2. The Morgan fingerprint density at radius 2 is 2.11 bits per heavy atom. The number of ether oxygens (including phenoxy) is 1. The molecule has 6 heteroatoms. The third-order valence-electron chi connectivity index (χ3n) is 5.51. The molecule has 1 saturated heterocycles. The topological polar surface area (TPSA) is 67.3 Å². The van der Waals surface area contributed by atoms with Crippen LogP contribution in [0.5, 0.6) is 0 Å². The fraction of sp³-hybridized carbons (Fsp3) is 0.364. The second-order valence-corrected chi connectivity index (χ2v) is 7.40. The number of fused-ring (bicyclic) bond motifs is 1. The van der Waals surface area contributed by atoms with Crippen LogP contribution in [0, 0.1) is 6.92 Å². The number of amides is 1. The molecular formula is C22H25N3O3. The zero-order valence-electron chi connectivity index (χ0n) is 16.3. The predicted molar refractivity (Wildman–Crippen MR) is 109 cm³/mol. The average molecular weight is 379 g/mol. The molecule has 1 aromatic carbocycles. The Kier molecular flexibility index (Phi) is 5.05. The molecule has 1 N–H and O–H groups in total. The number of nitrogens with one attached hydrogen (secondary N) is 1. The minimum Gasteiger partial charge on any atom is -0.377 e. The summed E-state index contributed by atoms with van der Waals surface area (Å²) in [4.78, 5) is 31.2. The van der Waals surface area contributed by atoms with Gasteiger partial charge in [-0.1, -0.05) is 18.2 Å². The van der Waals surface area contributed by atoms with Crippen LogP contribution in [-0.2, 0) is 17.7 Å². The number of morpholine rings is 1. The fourth-order valence-corrected chi connectivity index (χ4v) is 3.85. The maximum atomic E-state index is 13.1. The lowest BCUT2D eigenvalue weighted by molar-refractivity contribution is 0.00342. The quantitative estimate of drug-likeness (QED) is 0.758. The summed E-state index contributed by atoms with van der Waals surface area (Å²) in [5, 5.41) is 1.17. The van der Waals surface area contributed by atoms with Crippen LogP contribution in [0.25, 0.3) is 10.9 Å². The molecule has 1 amide bonds. The number of carbonyl (C=O) groups is 1. The van der Waals surface area contributed by atoms with Crippen LogP contribution in [0.2, 0.25) is 0 Å². The summed E-state index contributed by atoms with van der Waals surface area (Å²) in [6, 6.07) is 9.95. The molecule has 3 heterocycles. The van der Waals surface area contributed by atoms with Gasteiger partial charge in [-0.3, -0.25) is 9.59 Å². The van der Waals surface area contributed by atoms with E-state index in [1.807, 2.05) is 44.3 Å². The number of hydrogen-bond acceptors (Lipinski definition) is 3. The van der Waals surface area contributed by atoms with Crippen molar-refractivity contribution in [3.8, 4) is 0 Å². The van der Waals surface area contributed by atoms with Crippen LogP contribution < -0.4 is 5.56 Å². The van der Waals surface area contributed by atoms with Gasteiger partial charge in [0.25, 0.3) is 11.5 Å². The molecule has 2 aromatic heterocycles. The molecule has 1 fully saturated rings. The van der Waals surface area contributed by atoms with Gasteiger partial charge in [-0.25, -0.2) is 0 Å². The molecule has 0 saturated carbocycles. The van der Waals surface area contributed by atoms with Crippen LogP contribution in [0.1, 0.15) is 28.4 Å². The van der Waals surface area contributed by atoms with Crippen molar-refractivity contribution in [2.75, 3.05) is 19.8 Å². The zero-order chi connectivity index (χ0) is 19.7. The molecule has 0 radical (unpaired) electrons. The molecule has 146 valence electrons. The standard InChI is InChI=1S/C22H25N3O3/c1-15-7-9-24(10-8-17-13-23-19-6-4-3-5-18(17)19)21(26)20(15)22(27)25-11-12-28-14-16(25)2/h3-7,9,13,16,23H,8,10-12,14H2,1-2H3/t16-/m1/s1. The second-order valence-electron chi connectivity index (χ2n) is 7.40. The first-order valence-corrected chi connectivity index (χ1v) is 9.70. The van der Waals surface area contributed by atoms with Crippen molar-refractivity contribution in [3.63, 3.8) is 0 Å². The van der Waals surface area contributed by atoms with Gasteiger partial charge in [0.15, 0.2) is 0 Å². The Bertz CT molecular complexity index is 1070. The molecule has 0 spiro atoms. The van der Waals surface area contributed by atoms with Crippen molar-refractivity contribution in [1.29, 1.82) is 0 Å². The van der Waals surface area contributed by atoms with E-state index in [0.717, 1.165) is 16.6 Å². The molecule has 0 aliphatic carbocycles. The van der Waals surface area contributed by atoms with E-state index in [0.29, 0.717) is 32.7 Å². The van der Waals surface area contributed by atoms with Crippen molar-refractivity contribution >= 4 is 16.8 Å². The van der Waals surface area contributed by atoms with E-state index in [-0.39, 0.29) is 23.1 Å². The third kappa shape index (κ3) is 3.36. The summed E-state index contributed by atoms with van der Waals surface area (Å²) in [5.41, 5.74) is 3.03. The summed E-state index contributed by atoms with van der Waals surface area (Å²) in [7, 11) is 0. The SMILES string of the molecule is Cc1ccn(CCc2c[nH]c3ccccc23)c(=O)c1C(=O)N1CCOC[C@H]1C. The predicted octanol–water partition coefficient (Wildman–Crippen LogP) is 2.74. The van der Waals surface area contributed by atoms with Crippen molar-refractivity contribution in [3.05, 3.63) is 69.8 Å².